The molecule has 0 atom stereocenters. The average Bonchev–Trinajstić information content (AvgIpc) is 2.63. The van der Waals surface area contributed by atoms with Gasteiger partial charge in [-0.1, -0.05) is 53.5 Å². The highest BCUT2D eigenvalue weighted by molar-refractivity contribution is 9.10. The van der Waals surface area contributed by atoms with Gasteiger partial charge in [-0.05, 0) is 35.9 Å². The van der Waals surface area contributed by atoms with E-state index in [4.69, 9.17) is 11.6 Å². The molecule has 7 heteroatoms. The summed E-state index contributed by atoms with van der Waals surface area (Å²) in [6.45, 7) is 4.44. The number of aromatic nitrogens is 2. The maximum absolute atomic E-state index is 12.6. The summed E-state index contributed by atoms with van der Waals surface area (Å²) in [6, 6.07) is 12.9. The van der Waals surface area contributed by atoms with Gasteiger partial charge in [0.15, 0.2) is 0 Å². The minimum atomic E-state index is -0.266. The van der Waals surface area contributed by atoms with Crippen LogP contribution in [-0.4, -0.2) is 22.0 Å². The van der Waals surface area contributed by atoms with Crippen LogP contribution in [0.4, 0.5) is 0 Å². The van der Waals surface area contributed by atoms with Crippen LogP contribution in [0.1, 0.15) is 19.4 Å². The van der Waals surface area contributed by atoms with Crippen molar-refractivity contribution in [1.82, 2.24) is 14.9 Å². The maximum Gasteiger partial charge on any atom is 0.261 e. The third-order valence-corrected chi connectivity index (χ3v) is 5.20. The molecule has 0 aliphatic carbocycles. The molecule has 1 N–H and O–H groups in total. The lowest BCUT2D eigenvalue weighted by atomic mass is 9.84. The normalized spacial score (nSPS) is 11.6. The first-order chi connectivity index (χ1) is 12.8. The van der Waals surface area contributed by atoms with Crippen molar-refractivity contribution in [3.63, 3.8) is 0 Å². The van der Waals surface area contributed by atoms with Crippen molar-refractivity contribution >= 4 is 44.3 Å². The minimum Gasteiger partial charge on any atom is -0.354 e. The highest BCUT2D eigenvalue weighted by atomic mass is 79.9. The lowest BCUT2D eigenvalue weighted by Gasteiger charge is -2.25. The number of rotatable bonds is 5. The topological polar surface area (TPSA) is 64.0 Å². The van der Waals surface area contributed by atoms with Crippen LogP contribution in [0.15, 0.2) is 58.1 Å². The quantitative estimate of drug-likeness (QED) is 0.644. The number of benzene rings is 2. The molecular weight excluding hydrogens is 430 g/mol. The molecule has 140 valence electrons. The molecule has 5 nitrogen and oxygen atoms in total. The van der Waals surface area contributed by atoms with Gasteiger partial charge in [0.1, 0.15) is 6.54 Å². The SMILES string of the molecule is CC(C)(CNC(=O)Cn1cnc2ccc(Br)cc2c1=O)c1ccc(Cl)cc1. The first-order valence-electron chi connectivity index (χ1n) is 8.44. The lowest BCUT2D eigenvalue weighted by molar-refractivity contribution is -0.121. The summed E-state index contributed by atoms with van der Waals surface area (Å²) < 4.78 is 2.11. The molecule has 1 amide bonds. The number of halogens is 2. The van der Waals surface area contributed by atoms with Gasteiger partial charge < -0.3 is 5.32 Å². The molecule has 0 aliphatic rings. The Morgan fingerprint density at radius 2 is 1.93 bits per heavy atom. The van der Waals surface area contributed by atoms with Crippen LogP contribution < -0.4 is 10.9 Å². The van der Waals surface area contributed by atoms with Gasteiger partial charge in [-0.15, -0.1) is 0 Å². The van der Waals surface area contributed by atoms with Crippen molar-refractivity contribution in [2.75, 3.05) is 6.54 Å². The van der Waals surface area contributed by atoms with Gasteiger partial charge >= 0.3 is 0 Å². The Morgan fingerprint density at radius 1 is 1.22 bits per heavy atom. The molecule has 3 aromatic rings. The van der Waals surface area contributed by atoms with Crippen molar-refractivity contribution in [3.8, 4) is 0 Å². The van der Waals surface area contributed by atoms with Crippen LogP contribution in [0.2, 0.25) is 5.02 Å². The van der Waals surface area contributed by atoms with E-state index in [1.54, 1.807) is 12.1 Å². The molecule has 0 bridgehead atoms. The zero-order valence-electron chi connectivity index (χ0n) is 15.0. The summed E-state index contributed by atoms with van der Waals surface area (Å²) in [4.78, 5) is 29.2. The molecule has 27 heavy (non-hydrogen) atoms. The van der Waals surface area contributed by atoms with Crippen LogP contribution in [0.5, 0.6) is 0 Å². The smallest absolute Gasteiger partial charge is 0.261 e. The third kappa shape index (κ3) is 4.57. The van der Waals surface area contributed by atoms with Crippen LogP contribution in [0, 0.1) is 0 Å². The fourth-order valence-electron chi connectivity index (χ4n) is 2.78. The number of fused-ring (bicyclic) bond motifs is 1. The minimum absolute atomic E-state index is 0.0784. The Labute approximate surface area is 170 Å². The van der Waals surface area contributed by atoms with E-state index in [1.165, 1.54) is 10.9 Å². The Morgan fingerprint density at radius 3 is 2.63 bits per heavy atom. The maximum atomic E-state index is 12.6. The molecule has 1 heterocycles. The number of carbonyl (C=O) groups is 1. The van der Waals surface area contributed by atoms with Crippen molar-refractivity contribution in [1.29, 1.82) is 0 Å². The van der Waals surface area contributed by atoms with Crippen LogP contribution in [0.25, 0.3) is 10.9 Å². The Bertz CT molecular complexity index is 1050. The van der Waals surface area contributed by atoms with Crippen molar-refractivity contribution < 1.29 is 4.79 Å². The predicted molar refractivity (Wildman–Crippen MR) is 111 cm³/mol. The van der Waals surface area contributed by atoms with Crippen LogP contribution >= 0.6 is 27.5 Å². The second-order valence-electron chi connectivity index (χ2n) is 7.01. The standard InChI is InChI=1S/C20H19BrClN3O2/c1-20(2,13-3-6-15(22)7-4-13)11-23-18(26)10-25-12-24-17-8-5-14(21)9-16(17)19(25)27/h3-9,12H,10-11H2,1-2H3,(H,23,26). The fraction of sp³-hybridized carbons (Fsp3) is 0.250. The largest absolute Gasteiger partial charge is 0.354 e. The zero-order valence-corrected chi connectivity index (χ0v) is 17.3. The van der Waals surface area contributed by atoms with Gasteiger partial charge in [0.25, 0.3) is 5.56 Å². The van der Waals surface area contributed by atoms with Crippen LogP contribution in [-0.2, 0) is 16.8 Å². The molecule has 0 saturated carbocycles. The second-order valence-corrected chi connectivity index (χ2v) is 8.36. The molecule has 2 aromatic carbocycles. The van der Waals surface area contributed by atoms with Crippen molar-refractivity contribution in [3.05, 3.63) is 74.2 Å². The number of amides is 1. The second kappa shape index (κ2) is 7.82. The Balaban J connectivity index is 1.71. The summed E-state index contributed by atoms with van der Waals surface area (Å²) in [5.74, 6) is -0.240. The molecule has 0 unspecified atom stereocenters. The molecule has 0 fully saturated rings. The van der Waals surface area contributed by atoms with Crippen molar-refractivity contribution in [2.24, 2.45) is 0 Å². The molecule has 0 spiro atoms. The molecule has 1 aromatic heterocycles. The van der Waals surface area contributed by atoms with E-state index in [9.17, 15) is 9.59 Å². The van der Waals surface area contributed by atoms with E-state index in [2.05, 4.69) is 26.2 Å². The number of nitrogens with one attached hydrogen (secondary N) is 1. The van der Waals surface area contributed by atoms with Gasteiger partial charge in [-0.25, -0.2) is 4.98 Å². The van der Waals surface area contributed by atoms with E-state index in [1.807, 2.05) is 44.2 Å². The van der Waals surface area contributed by atoms with E-state index in [-0.39, 0.29) is 23.4 Å². The molecular formula is C20H19BrClN3O2. The fourth-order valence-corrected chi connectivity index (χ4v) is 3.26. The average molecular weight is 449 g/mol. The predicted octanol–water partition coefficient (Wildman–Crippen LogP) is 3.91. The molecule has 3 rings (SSSR count). The number of hydrogen-bond donors (Lipinski definition) is 1. The lowest BCUT2D eigenvalue weighted by Crippen LogP contribution is -2.39. The summed E-state index contributed by atoms with van der Waals surface area (Å²) in [7, 11) is 0. The summed E-state index contributed by atoms with van der Waals surface area (Å²) in [5.41, 5.74) is 1.16. The molecule has 0 aliphatic heterocycles. The number of hydrogen-bond acceptors (Lipinski definition) is 3. The van der Waals surface area contributed by atoms with E-state index < -0.39 is 0 Å². The number of nitrogens with zero attached hydrogens (tertiary/aromatic N) is 2. The van der Waals surface area contributed by atoms with Gasteiger partial charge in [0, 0.05) is 21.5 Å². The summed E-state index contributed by atoms with van der Waals surface area (Å²) >= 11 is 9.29. The van der Waals surface area contributed by atoms with E-state index in [0.717, 1.165) is 10.0 Å². The first-order valence-corrected chi connectivity index (χ1v) is 9.61. The van der Waals surface area contributed by atoms with Gasteiger partial charge in [-0.3, -0.25) is 14.2 Å². The summed E-state index contributed by atoms with van der Waals surface area (Å²) in [5, 5.41) is 4.05. The zero-order chi connectivity index (χ0) is 19.6. The first kappa shape index (κ1) is 19.6. The molecule has 0 saturated heterocycles. The summed E-state index contributed by atoms with van der Waals surface area (Å²) in [6.07, 6.45) is 1.41. The van der Waals surface area contributed by atoms with Gasteiger partial charge in [-0.2, -0.15) is 0 Å². The van der Waals surface area contributed by atoms with E-state index >= 15 is 0 Å². The van der Waals surface area contributed by atoms with Crippen LogP contribution in [0.3, 0.4) is 0 Å². The van der Waals surface area contributed by atoms with Gasteiger partial charge in [0.05, 0.1) is 17.2 Å². The Hall–Kier alpha value is -2.18. The highest BCUT2D eigenvalue weighted by Gasteiger charge is 2.21. The molecule has 0 radical (unpaired) electrons. The Kier molecular flexibility index (Phi) is 5.67. The third-order valence-electron chi connectivity index (χ3n) is 4.45. The number of carbonyl (C=O) groups excluding carboxylic acids is 1. The van der Waals surface area contributed by atoms with Crippen molar-refractivity contribution in [2.45, 2.75) is 25.8 Å². The highest BCUT2D eigenvalue weighted by Crippen LogP contribution is 2.23. The van der Waals surface area contributed by atoms with E-state index in [0.29, 0.717) is 22.5 Å². The van der Waals surface area contributed by atoms with Gasteiger partial charge in [0.2, 0.25) is 5.91 Å². The monoisotopic (exact) mass is 447 g/mol.